The Bertz CT molecular complexity index is 735. The summed E-state index contributed by atoms with van der Waals surface area (Å²) in [6, 6.07) is 9.76. The van der Waals surface area contributed by atoms with Crippen LogP contribution in [0.4, 0.5) is 5.82 Å². The molecule has 1 unspecified atom stereocenters. The normalized spacial score (nSPS) is 12.9. The predicted molar refractivity (Wildman–Crippen MR) is 84.0 cm³/mol. The van der Waals surface area contributed by atoms with Crippen LogP contribution >= 0.6 is 11.6 Å². The molecule has 0 saturated carbocycles. The van der Waals surface area contributed by atoms with E-state index in [0.717, 1.165) is 5.56 Å². The molecule has 5 nitrogen and oxygen atoms in total. The molecule has 7 heteroatoms. The lowest BCUT2D eigenvalue weighted by Crippen LogP contribution is -2.27. The van der Waals surface area contributed by atoms with Gasteiger partial charge in [0.1, 0.15) is 10.7 Å². The molecule has 0 aliphatic carbocycles. The molecule has 21 heavy (non-hydrogen) atoms. The summed E-state index contributed by atoms with van der Waals surface area (Å²) < 4.78 is 27.5. The molecule has 1 atom stereocenters. The number of pyridine rings is 1. The first-order valence-electron chi connectivity index (χ1n) is 6.34. The fourth-order valence-electron chi connectivity index (χ4n) is 1.94. The van der Waals surface area contributed by atoms with Crippen LogP contribution < -0.4 is 10.0 Å². The van der Waals surface area contributed by atoms with Crippen molar-refractivity contribution in [1.29, 1.82) is 0 Å². The molecule has 1 aromatic carbocycles. The summed E-state index contributed by atoms with van der Waals surface area (Å²) in [7, 11) is -2.05. The molecule has 0 aliphatic rings. The zero-order valence-corrected chi connectivity index (χ0v) is 13.2. The Labute approximate surface area is 129 Å². The van der Waals surface area contributed by atoms with Crippen molar-refractivity contribution in [3.8, 4) is 0 Å². The van der Waals surface area contributed by atoms with Crippen LogP contribution in [0, 0.1) is 0 Å². The van der Waals surface area contributed by atoms with E-state index in [1.165, 1.54) is 12.3 Å². The number of aromatic nitrogens is 1. The predicted octanol–water partition coefficient (Wildman–Crippen LogP) is 2.82. The zero-order valence-electron chi connectivity index (χ0n) is 11.7. The van der Waals surface area contributed by atoms with Crippen LogP contribution in [0.25, 0.3) is 0 Å². The van der Waals surface area contributed by atoms with E-state index in [2.05, 4.69) is 15.0 Å². The van der Waals surface area contributed by atoms with Gasteiger partial charge in [0.05, 0.1) is 0 Å². The van der Waals surface area contributed by atoms with E-state index in [4.69, 9.17) is 11.6 Å². The lowest BCUT2D eigenvalue weighted by molar-refractivity contribution is 0.567. The van der Waals surface area contributed by atoms with Crippen molar-refractivity contribution in [3.05, 3.63) is 53.2 Å². The quantitative estimate of drug-likeness (QED) is 0.886. The summed E-state index contributed by atoms with van der Waals surface area (Å²) in [5.74, 6) is 0.309. The topological polar surface area (TPSA) is 71.1 Å². The third-order valence-corrected chi connectivity index (χ3v) is 4.79. The van der Waals surface area contributed by atoms with Gasteiger partial charge in [-0.3, -0.25) is 0 Å². The Morgan fingerprint density at radius 1 is 1.24 bits per heavy atom. The number of nitrogens with one attached hydrogen (secondary N) is 2. The van der Waals surface area contributed by atoms with Gasteiger partial charge in [-0.25, -0.2) is 18.1 Å². The van der Waals surface area contributed by atoms with E-state index >= 15 is 0 Å². The van der Waals surface area contributed by atoms with E-state index in [1.54, 1.807) is 38.2 Å². The molecule has 0 radical (unpaired) electrons. The first-order chi connectivity index (χ1) is 9.94. The molecule has 0 amide bonds. The standard InChI is InChI=1S/C14H16ClN3O2S/c1-10(11-5-3-6-12(15)9-11)18-21(19,20)13-7-4-8-17-14(13)16-2/h3-10,18H,1-2H3,(H,16,17). The van der Waals surface area contributed by atoms with E-state index in [1.807, 2.05) is 6.07 Å². The van der Waals surface area contributed by atoms with Crippen molar-refractivity contribution in [2.24, 2.45) is 0 Å². The van der Waals surface area contributed by atoms with Crippen LogP contribution in [0.5, 0.6) is 0 Å². The lowest BCUT2D eigenvalue weighted by Gasteiger charge is -2.16. The molecule has 0 saturated heterocycles. The molecule has 1 heterocycles. The van der Waals surface area contributed by atoms with Crippen LogP contribution in [0.3, 0.4) is 0 Å². The van der Waals surface area contributed by atoms with Gasteiger partial charge in [0.15, 0.2) is 0 Å². The highest BCUT2D eigenvalue weighted by Crippen LogP contribution is 2.22. The molecular formula is C14H16ClN3O2S. The Balaban J connectivity index is 2.29. The van der Waals surface area contributed by atoms with E-state index in [9.17, 15) is 8.42 Å². The molecule has 1 aromatic heterocycles. The van der Waals surface area contributed by atoms with Gasteiger partial charge < -0.3 is 5.32 Å². The maximum absolute atomic E-state index is 12.5. The average Bonchev–Trinajstić information content (AvgIpc) is 2.46. The minimum Gasteiger partial charge on any atom is -0.372 e. The summed E-state index contributed by atoms with van der Waals surface area (Å²) in [5, 5.41) is 3.34. The Hall–Kier alpha value is -1.63. The maximum atomic E-state index is 12.5. The second-order valence-electron chi connectivity index (χ2n) is 4.50. The van der Waals surface area contributed by atoms with Gasteiger partial charge in [-0.1, -0.05) is 23.7 Å². The number of nitrogens with zero attached hydrogens (tertiary/aromatic N) is 1. The second-order valence-corrected chi connectivity index (χ2v) is 6.62. The van der Waals surface area contributed by atoms with Gasteiger partial charge in [-0.15, -0.1) is 0 Å². The number of anilines is 1. The summed E-state index contributed by atoms with van der Waals surface area (Å²) in [6.45, 7) is 1.76. The molecule has 2 aromatic rings. The van der Waals surface area contributed by atoms with Crippen LogP contribution in [-0.4, -0.2) is 20.4 Å². The number of hydrogen-bond donors (Lipinski definition) is 2. The monoisotopic (exact) mass is 325 g/mol. The molecule has 112 valence electrons. The van der Waals surface area contributed by atoms with Crippen molar-refractivity contribution < 1.29 is 8.42 Å². The third kappa shape index (κ3) is 3.72. The van der Waals surface area contributed by atoms with Gasteiger partial charge in [-0.05, 0) is 36.8 Å². The number of benzene rings is 1. The lowest BCUT2D eigenvalue weighted by atomic mass is 10.1. The van der Waals surface area contributed by atoms with Crippen molar-refractivity contribution >= 4 is 27.4 Å². The Kier molecular flexibility index (Phi) is 4.82. The fourth-order valence-corrected chi connectivity index (χ4v) is 3.53. The summed E-state index contributed by atoms with van der Waals surface area (Å²) in [5.41, 5.74) is 0.793. The van der Waals surface area contributed by atoms with Crippen LogP contribution in [0.2, 0.25) is 5.02 Å². The molecule has 0 bridgehead atoms. The molecule has 0 spiro atoms. The summed E-state index contributed by atoms with van der Waals surface area (Å²) in [6.07, 6.45) is 1.53. The van der Waals surface area contributed by atoms with Gasteiger partial charge in [0, 0.05) is 24.3 Å². The van der Waals surface area contributed by atoms with Crippen LogP contribution in [-0.2, 0) is 10.0 Å². The van der Waals surface area contributed by atoms with E-state index in [0.29, 0.717) is 10.8 Å². The van der Waals surface area contributed by atoms with Gasteiger partial charge in [0.25, 0.3) is 0 Å². The second kappa shape index (κ2) is 6.43. The van der Waals surface area contributed by atoms with Crippen molar-refractivity contribution in [2.75, 3.05) is 12.4 Å². The largest absolute Gasteiger partial charge is 0.372 e. The van der Waals surface area contributed by atoms with Crippen LogP contribution in [0.1, 0.15) is 18.5 Å². The minimum atomic E-state index is -3.68. The summed E-state index contributed by atoms with van der Waals surface area (Å²) in [4.78, 5) is 4.12. The van der Waals surface area contributed by atoms with Gasteiger partial charge in [0.2, 0.25) is 10.0 Å². The van der Waals surface area contributed by atoms with Gasteiger partial charge in [-0.2, -0.15) is 0 Å². The SMILES string of the molecule is CNc1ncccc1S(=O)(=O)NC(C)c1cccc(Cl)c1. The molecule has 0 aliphatic heterocycles. The summed E-state index contributed by atoms with van der Waals surface area (Å²) >= 11 is 5.93. The molecule has 0 fully saturated rings. The smallest absolute Gasteiger partial charge is 0.244 e. The van der Waals surface area contributed by atoms with E-state index < -0.39 is 16.1 Å². The first-order valence-corrected chi connectivity index (χ1v) is 8.20. The fraction of sp³-hybridized carbons (Fsp3) is 0.214. The van der Waals surface area contributed by atoms with Crippen molar-refractivity contribution in [1.82, 2.24) is 9.71 Å². The van der Waals surface area contributed by atoms with E-state index in [-0.39, 0.29) is 4.90 Å². The maximum Gasteiger partial charge on any atom is 0.244 e. The molecular weight excluding hydrogens is 310 g/mol. The molecule has 2 N–H and O–H groups in total. The third-order valence-electron chi connectivity index (χ3n) is 2.98. The zero-order chi connectivity index (χ0) is 15.5. The first kappa shape index (κ1) is 15.8. The number of hydrogen-bond acceptors (Lipinski definition) is 4. The highest BCUT2D eigenvalue weighted by Gasteiger charge is 2.21. The number of halogens is 1. The molecule has 2 rings (SSSR count). The highest BCUT2D eigenvalue weighted by molar-refractivity contribution is 7.89. The number of rotatable bonds is 5. The van der Waals surface area contributed by atoms with Crippen LogP contribution in [0.15, 0.2) is 47.5 Å². The highest BCUT2D eigenvalue weighted by atomic mass is 35.5. The Morgan fingerprint density at radius 3 is 2.67 bits per heavy atom. The minimum absolute atomic E-state index is 0.112. The van der Waals surface area contributed by atoms with Crippen molar-refractivity contribution in [3.63, 3.8) is 0 Å². The van der Waals surface area contributed by atoms with Gasteiger partial charge >= 0.3 is 0 Å². The Morgan fingerprint density at radius 2 is 2.00 bits per heavy atom. The number of sulfonamides is 1. The van der Waals surface area contributed by atoms with Crippen molar-refractivity contribution in [2.45, 2.75) is 17.9 Å². The average molecular weight is 326 g/mol.